The molecule has 82 valence electrons. The van der Waals surface area contributed by atoms with Crippen LogP contribution in [0.25, 0.3) is 0 Å². The maximum absolute atomic E-state index is 12.9. The van der Waals surface area contributed by atoms with Crippen molar-refractivity contribution in [3.63, 3.8) is 0 Å². The molecule has 1 unspecified atom stereocenters. The highest BCUT2D eigenvalue weighted by atomic mass is 79.9. The summed E-state index contributed by atoms with van der Waals surface area (Å²) in [6, 6.07) is 4.93. The lowest BCUT2D eigenvalue weighted by Crippen LogP contribution is -2.17. The topological polar surface area (TPSA) is 12.0 Å². The van der Waals surface area contributed by atoms with Crippen LogP contribution in [0.1, 0.15) is 24.9 Å². The molecule has 15 heavy (non-hydrogen) atoms. The van der Waals surface area contributed by atoms with Gasteiger partial charge in [-0.1, -0.05) is 27.6 Å². The fourth-order valence-corrected chi connectivity index (χ4v) is 2.13. The Balaban J connectivity index is 2.96. The van der Waals surface area contributed by atoms with Crippen molar-refractivity contribution in [1.29, 1.82) is 0 Å². The van der Waals surface area contributed by atoms with E-state index in [4.69, 9.17) is 0 Å². The predicted molar refractivity (Wildman–Crippen MR) is 65.3 cm³/mol. The van der Waals surface area contributed by atoms with Gasteiger partial charge >= 0.3 is 0 Å². The van der Waals surface area contributed by atoms with Crippen LogP contribution in [0.5, 0.6) is 0 Å². The molecule has 0 bridgehead atoms. The van der Waals surface area contributed by atoms with E-state index >= 15 is 0 Å². The molecule has 0 aliphatic heterocycles. The highest BCUT2D eigenvalue weighted by Gasteiger charge is 2.12. The van der Waals surface area contributed by atoms with E-state index < -0.39 is 0 Å². The Morgan fingerprint density at radius 2 is 2.27 bits per heavy atom. The number of halogens is 2. The molecule has 0 saturated carbocycles. The predicted octanol–water partition coefficient (Wildman–Crippen LogP) is 3.81. The van der Waals surface area contributed by atoms with Crippen molar-refractivity contribution in [2.45, 2.75) is 19.4 Å². The average molecular weight is 272 g/mol. The monoisotopic (exact) mass is 271 g/mol. The van der Waals surface area contributed by atoms with E-state index in [0.717, 1.165) is 22.0 Å². The van der Waals surface area contributed by atoms with Gasteiger partial charge < -0.3 is 5.32 Å². The molecule has 1 aromatic carbocycles. The van der Waals surface area contributed by atoms with Crippen molar-refractivity contribution in [2.24, 2.45) is 0 Å². The summed E-state index contributed by atoms with van der Waals surface area (Å²) in [6.45, 7) is 5.87. The smallest absolute Gasteiger partial charge is 0.124 e. The van der Waals surface area contributed by atoms with Crippen LogP contribution >= 0.6 is 15.9 Å². The molecule has 1 aromatic rings. The van der Waals surface area contributed by atoms with E-state index in [9.17, 15) is 4.39 Å². The van der Waals surface area contributed by atoms with Crippen molar-refractivity contribution < 1.29 is 4.39 Å². The molecular formula is C12H15BrFN. The number of nitrogens with one attached hydrogen (secondary N) is 1. The second kappa shape index (κ2) is 5.42. The van der Waals surface area contributed by atoms with Gasteiger partial charge in [0.15, 0.2) is 0 Å². The Kier molecular flexibility index (Phi) is 4.48. The van der Waals surface area contributed by atoms with E-state index in [1.54, 1.807) is 6.07 Å². The third-order valence-electron chi connectivity index (χ3n) is 2.24. The second-order valence-corrected chi connectivity index (χ2v) is 4.52. The molecule has 0 amide bonds. The van der Waals surface area contributed by atoms with Gasteiger partial charge in [0.2, 0.25) is 0 Å². The molecule has 0 radical (unpaired) electrons. The standard InChI is InChI=1S/C12H15BrFN/c1-8(2)6-12(15-3)10-5-4-9(14)7-11(10)13/h4-5,7,12,15H,1,6H2,2-3H3. The first-order chi connectivity index (χ1) is 7.04. The van der Waals surface area contributed by atoms with Crippen molar-refractivity contribution in [3.05, 3.63) is 46.2 Å². The summed E-state index contributed by atoms with van der Waals surface area (Å²) < 4.78 is 13.7. The minimum Gasteiger partial charge on any atom is -0.313 e. The van der Waals surface area contributed by atoms with Gasteiger partial charge in [0.1, 0.15) is 5.82 Å². The fraction of sp³-hybridized carbons (Fsp3) is 0.333. The van der Waals surface area contributed by atoms with Crippen LogP contribution in [0.15, 0.2) is 34.8 Å². The summed E-state index contributed by atoms with van der Waals surface area (Å²) in [4.78, 5) is 0. The van der Waals surface area contributed by atoms with E-state index in [1.807, 2.05) is 14.0 Å². The van der Waals surface area contributed by atoms with Crippen molar-refractivity contribution in [1.82, 2.24) is 5.32 Å². The zero-order valence-corrected chi connectivity index (χ0v) is 10.6. The van der Waals surface area contributed by atoms with Gasteiger partial charge in [0, 0.05) is 10.5 Å². The zero-order chi connectivity index (χ0) is 11.4. The summed E-state index contributed by atoms with van der Waals surface area (Å²) in [5.41, 5.74) is 2.16. The summed E-state index contributed by atoms with van der Waals surface area (Å²) in [7, 11) is 1.89. The van der Waals surface area contributed by atoms with Crippen molar-refractivity contribution in [3.8, 4) is 0 Å². The SMILES string of the molecule is C=C(C)CC(NC)c1ccc(F)cc1Br. The Labute approximate surface area is 98.5 Å². The van der Waals surface area contributed by atoms with Crippen LogP contribution in [0, 0.1) is 5.82 Å². The zero-order valence-electron chi connectivity index (χ0n) is 8.98. The highest BCUT2D eigenvalue weighted by molar-refractivity contribution is 9.10. The summed E-state index contributed by atoms with van der Waals surface area (Å²) in [6.07, 6.45) is 0.848. The number of rotatable bonds is 4. The van der Waals surface area contributed by atoms with E-state index in [2.05, 4.69) is 27.8 Å². The minimum absolute atomic E-state index is 0.178. The first-order valence-corrected chi connectivity index (χ1v) is 5.60. The maximum atomic E-state index is 12.9. The molecule has 1 atom stereocenters. The van der Waals surface area contributed by atoms with E-state index in [-0.39, 0.29) is 11.9 Å². The molecule has 0 fully saturated rings. The molecule has 1 nitrogen and oxygen atoms in total. The van der Waals surface area contributed by atoms with Crippen LogP contribution in [-0.4, -0.2) is 7.05 Å². The third-order valence-corrected chi connectivity index (χ3v) is 2.93. The van der Waals surface area contributed by atoms with Crippen LogP contribution in [0.2, 0.25) is 0 Å². The molecule has 0 spiro atoms. The third kappa shape index (κ3) is 3.43. The van der Waals surface area contributed by atoms with Gasteiger partial charge in [0.25, 0.3) is 0 Å². The normalized spacial score (nSPS) is 12.5. The number of benzene rings is 1. The molecular weight excluding hydrogens is 257 g/mol. The lowest BCUT2D eigenvalue weighted by atomic mass is 10.0. The van der Waals surface area contributed by atoms with E-state index in [0.29, 0.717) is 0 Å². The van der Waals surface area contributed by atoms with Gasteiger partial charge in [-0.15, -0.1) is 6.58 Å². The summed E-state index contributed by atoms with van der Waals surface area (Å²) in [5.74, 6) is -0.226. The molecule has 1 rings (SSSR count). The Morgan fingerprint density at radius 1 is 1.60 bits per heavy atom. The summed E-state index contributed by atoms with van der Waals surface area (Å²) in [5, 5.41) is 3.20. The Bertz CT molecular complexity index is 363. The van der Waals surface area contributed by atoms with Gasteiger partial charge in [-0.2, -0.15) is 0 Å². The van der Waals surface area contributed by atoms with Gasteiger partial charge in [-0.25, -0.2) is 4.39 Å². The molecule has 0 aliphatic rings. The Hall–Kier alpha value is -0.670. The van der Waals surface area contributed by atoms with Gasteiger partial charge in [-0.3, -0.25) is 0 Å². The lowest BCUT2D eigenvalue weighted by Gasteiger charge is -2.18. The van der Waals surface area contributed by atoms with Crippen LogP contribution in [-0.2, 0) is 0 Å². The highest BCUT2D eigenvalue weighted by Crippen LogP contribution is 2.27. The van der Waals surface area contributed by atoms with Gasteiger partial charge in [-0.05, 0) is 38.1 Å². The molecule has 0 aliphatic carbocycles. The van der Waals surface area contributed by atoms with Gasteiger partial charge in [0.05, 0.1) is 0 Å². The Morgan fingerprint density at radius 3 is 2.73 bits per heavy atom. The van der Waals surface area contributed by atoms with Crippen LogP contribution in [0.4, 0.5) is 4.39 Å². The van der Waals surface area contributed by atoms with E-state index in [1.165, 1.54) is 12.1 Å². The molecule has 0 heterocycles. The second-order valence-electron chi connectivity index (χ2n) is 3.67. The first-order valence-electron chi connectivity index (χ1n) is 4.81. The van der Waals surface area contributed by atoms with Crippen LogP contribution in [0.3, 0.4) is 0 Å². The quantitative estimate of drug-likeness (QED) is 0.822. The minimum atomic E-state index is -0.226. The molecule has 3 heteroatoms. The lowest BCUT2D eigenvalue weighted by molar-refractivity contribution is 0.581. The van der Waals surface area contributed by atoms with Crippen molar-refractivity contribution >= 4 is 15.9 Å². The molecule has 0 saturated heterocycles. The fourth-order valence-electron chi connectivity index (χ4n) is 1.50. The maximum Gasteiger partial charge on any atom is 0.124 e. The average Bonchev–Trinajstić information content (AvgIpc) is 2.14. The molecule has 1 N–H and O–H groups in total. The van der Waals surface area contributed by atoms with Crippen molar-refractivity contribution in [2.75, 3.05) is 7.05 Å². The molecule has 0 aromatic heterocycles. The number of hydrogen-bond donors (Lipinski definition) is 1. The largest absolute Gasteiger partial charge is 0.313 e. The summed E-state index contributed by atoms with van der Waals surface area (Å²) >= 11 is 3.37. The first kappa shape index (κ1) is 12.4. The number of hydrogen-bond acceptors (Lipinski definition) is 1. The van der Waals surface area contributed by atoms with Crippen LogP contribution < -0.4 is 5.32 Å².